The number of aromatic nitrogens is 3. The van der Waals surface area contributed by atoms with Gasteiger partial charge in [-0.25, -0.2) is 4.98 Å². The van der Waals surface area contributed by atoms with E-state index in [0.29, 0.717) is 19.6 Å². The predicted molar refractivity (Wildman–Crippen MR) is 97.2 cm³/mol. The minimum atomic E-state index is -0.146. The van der Waals surface area contributed by atoms with Crippen LogP contribution in [-0.4, -0.2) is 27.0 Å². The average molecular weight is 335 g/mol. The molecule has 0 saturated heterocycles. The highest BCUT2D eigenvalue weighted by molar-refractivity contribution is 6.01. The largest absolute Gasteiger partial charge is 0.333 e. The zero-order valence-electron chi connectivity index (χ0n) is 14.2. The topological polar surface area (TPSA) is 71.8 Å². The fourth-order valence-electron chi connectivity index (χ4n) is 3.26. The summed E-state index contributed by atoms with van der Waals surface area (Å²) >= 11 is 0. The van der Waals surface area contributed by atoms with Crippen LogP contribution in [-0.2, 0) is 24.3 Å². The van der Waals surface area contributed by atoms with Crippen LogP contribution in [0.15, 0.2) is 42.7 Å². The number of carbonyl (C=O) groups is 1. The first kappa shape index (κ1) is 15.8. The van der Waals surface area contributed by atoms with Gasteiger partial charge in [-0.1, -0.05) is 25.1 Å². The summed E-state index contributed by atoms with van der Waals surface area (Å²) in [6.07, 6.45) is 4.54. The number of hydrogen-bond acceptors (Lipinski definition) is 4. The molecule has 0 radical (unpaired) electrons. The van der Waals surface area contributed by atoms with Crippen molar-refractivity contribution in [2.24, 2.45) is 5.92 Å². The Hall–Kier alpha value is -2.73. The van der Waals surface area contributed by atoms with Crippen molar-refractivity contribution >= 4 is 22.5 Å². The number of nitrogens with one attached hydrogen (secondary N) is 2. The molecule has 1 aliphatic rings. The van der Waals surface area contributed by atoms with E-state index in [0.717, 1.165) is 34.5 Å². The lowest BCUT2D eigenvalue weighted by Gasteiger charge is -2.17. The number of hydrogen-bond donors (Lipinski definition) is 2. The summed E-state index contributed by atoms with van der Waals surface area (Å²) in [6, 6.07) is 9.89. The Morgan fingerprint density at radius 3 is 3.16 bits per heavy atom. The molecule has 3 heterocycles. The molecule has 1 aromatic carbocycles. The molecular weight excluding hydrogens is 314 g/mol. The van der Waals surface area contributed by atoms with E-state index in [4.69, 9.17) is 0 Å². The van der Waals surface area contributed by atoms with Gasteiger partial charge in [-0.05, 0) is 18.6 Å². The van der Waals surface area contributed by atoms with Crippen molar-refractivity contribution in [3.63, 3.8) is 0 Å². The van der Waals surface area contributed by atoms with Crippen LogP contribution in [0.5, 0.6) is 0 Å². The molecular formula is C19H21N5O. The fraction of sp³-hybridized carbons (Fsp3) is 0.316. The highest BCUT2D eigenvalue weighted by Crippen LogP contribution is 2.24. The van der Waals surface area contributed by atoms with Crippen molar-refractivity contribution in [2.45, 2.75) is 26.4 Å². The van der Waals surface area contributed by atoms with Crippen molar-refractivity contribution in [2.75, 3.05) is 11.9 Å². The second kappa shape index (κ2) is 6.64. The van der Waals surface area contributed by atoms with E-state index in [1.165, 1.54) is 0 Å². The standard InChI is InChI=1S/C19H21N5O/c1-2-14-9-17(15-5-3-4-6-16(15)22-14)23-19(25)13-10-20-11-18-21-7-8-24(18)12-13/h3-9,13,20H,2,10-12H2,1H3,(H,22,23,25). The fourth-order valence-corrected chi connectivity index (χ4v) is 3.26. The second-order valence-electron chi connectivity index (χ2n) is 6.34. The lowest BCUT2D eigenvalue weighted by Crippen LogP contribution is -2.32. The van der Waals surface area contributed by atoms with Crippen molar-refractivity contribution < 1.29 is 4.79 Å². The van der Waals surface area contributed by atoms with Gasteiger partial charge in [0.2, 0.25) is 5.91 Å². The van der Waals surface area contributed by atoms with Crippen LogP contribution in [0.25, 0.3) is 10.9 Å². The molecule has 0 fully saturated rings. The number of para-hydroxylation sites is 1. The molecule has 0 saturated carbocycles. The van der Waals surface area contributed by atoms with Crippen LogP contribution in [0.1, 0.15) is 18.4 Å². The van der Waals surface area contributed by atoms with Gasteiger partial charge in [-0.15, -0.1) is 0 Å². The number of fused-ring (bicyclic) bond motifs is 2. The second-order valence-corrected chi connectivity index (χ2v) is 6.34. The Morgan fingerprint density at radius 1 is 1.40 bits per heavy atom. The summed E-state index contributed by atoms with van der Waals surface area (Å²) in [5.74, 6) is 0.845. The summed E-state index contributed by atoms with van der Waals surface area (Å²) in [5, 5.41) is 7.41. The molecule has 0 spiro atoms. The first-order valence-electron chi connectivity index (χ1n) is 8.65. The molecule has 2 N–H and O–H groups in total. The number of benzene rings is 1. The van der Waals surface area contributed by atoms with Crippen molar-refractivity contribution in [1.29, 1.82) is 0 Å². The van der Waals surface area contributed by atoms with Crippen LogP contribution in [0.4, 0.5) is 5.69 Å². The van der Waals surface area contributed by atoms with Gasteiger partial charge in [0.1, 0.15) is 5.82 Å². The summed E-state index contributed by atoms with van der Waals surface area (Å²) in [5.41, 5.74) is 2.72. The minimum Gasteiger partial charge on any atom is -0.333 e. The molecule has 0 bridgehead atoms. The monoisotopic (exact) mass is 335 g/mol. The van der Waals surface area contributed by atoms with Crippen LogP contribution >= 0.6 is 0 Å². The Morgan fingerprint density at radius 2 is 2.28 bits per heavy atom. The van der Waals surface area contributed by atoms with Crippen LogP contribution in [0.3, 0.4) is 0 Å². The lowest BCUT2D eigenvalue weighted by molar-refractivity contribution is -0.120. The van der Waals surface area contributed by atoms with Crippen LogP contribution in [0, 0.1) is 5.92 Å². The van der Waals surface area contributed by atoms with E-state index >= 15 is 0 Å². The van der Waals surface area contributed by atoms with Crippen molar-refractivity contribution in [3.05, 3.63) is 54.2 Å². The quantitative estimate of drug-likeness (QED) is 0.771. The Kier molecular flexibility index (Phi) is 4.19. The Bertz CT molecular complexity index is 917. The van der Waals surface area contributed by atoms with Crippen LogP contribution < -0.4 is 10.6 Å². The first-order chi connectivity index (χ1) is 12.2. The maximum Gasteiger partial charge on any atom is 0.230 e. The minimum absolute atomic E-state index is 0.0208. The number of nitrogens with zero attached hydrogens (tertiary/aromatic N) is 3. The van der Waals surface area contributed by atoms with Crippen molar-refractivity contribution in [1.82, 2.24) is 19.9 Å². The summed E-state index contributed by atoms with van der Waals surface area (Å²) in [6.45, 7) is 4.03. The molecule has 0 aliphatic carbocycles. The Balaban J connectivity index is 1.61. The third-order valence-electron chi connectivity index (χ3n) is 4.65. The summed E-state index contributed by atoms with van der Waals surface area (Å²) < 4.78 is 2.05. The third-order valence-corrected chi connectivity index (χ3v) is 4.65. The maximum atomic E-state index is 12.9. The van der Waals surface area contributed by atoms with E-state index in [2.05, 4.69) is 27.5 Å². The molecule has 128 valence electrons. The average Bonchev–Trinajstić information content (AvgIpc) is 2.98. The number of anilines is 1. The number of amides is 1. The third kappa shape index (κ3) is 3.13. The van der Waals surface area contributed by atoms with Gasteiger partial charge >= 0.3 is 0 Å². The van der Waals surface area contributed by atoms with Gasteiger partial charge in [0, 0.05) is 36.6 Å². The van der Waals surface area contributed by atoms with Gasteiger partial charge in [-0.2, -0.15) is 0 Å². The van der Waals surface area contributed by atoms with Gasteiger partial charge in [0.15, 0.2) is 0 Å². The van der Waals surface area contributed by atoms with E-state index < -0.39 is 0 Å². The first-order valence-corrected chi connectivity index (χ1v) is 8.65. The van der Waals surface area contributed by atoms with E-state index in [-0.39, 0.29) is 11.8 Å². The molecule has 1 unspecified atom stereocenters. The smallest absolute Gasteiger partial charge is 0.230 e. The maximum absolute atomic E-state index is 12.9. The number of imidazole rings is 1. The molecule has 6 heteroatoms. The van der Waals surface area contributed by atoms with E-state index in [1.807, 2.05) is 41.1 Å². The highest BCUT2D eigenvalue weighted by atomic mass is 16.1. The molecule has 4 rings (SSSR count). The highest BCUT2D eigenvalue weighted by Gasteiger charge is 2.23. The van der Waals surface area contributed by atoms with E-state index in [1.54, 1.807) is 6.20 Å². The number of pyridine rings is 1. The number of aryl methyl sites for hydroxylation is 1. The number of carbonyl (C=O) groups excluding carboxylic acids is 1. The number of rotatable bonds is 3. The summed E-state index contributed by atoms with van der Waals surface area (Å²) in [7, 11) is 0. The van der Waals surface area contributed by atoms with E-state index in [9.17, 15) is 4.79 Å². The molecule has 1 atom stereocenters. The van der Waals surface area contributed by atoms with Gasteiger partial charge in [0.25, 0.3) is 0 Å². The molecule has 1 aliphatic heterocycles. The zero-order valence-corrected chi connectivity index (χ0v) is 14.2. The summed E-state index contributed by atoms with van der Waals surface area (Å²) in [4.78, 5) is 21.8. The Labute approximate surface area is 146 Å². The van der Waals surface area contributed by atoms with Gasteiger partial charge in [-0.3, -0.25) is 9.78 Å². The van der Waals surface area contributed by atoms with Crippen LogP contribution in [0.2, 0.25) is 0 Å². The van der Waals surface area contributed by atoms with Crippen molar-refractivity contribution in [3.8, 4) is 0 Å². The normalized spacial score (nSPS) is 17.1. The predicted octanol–water partition coefficient (Wildman–Crippen LogP) is 2.35. The molecule has 6 nitrogen and oxygen atoms in total. The molecule has 25 heavy (non-hydrogen) atoms. The SMILES string of the molecule is CCc1cc(NC(=O)C2CNCc3nccn3C2)c2ccccc2n1. The lowest BCUT2D eigenvalue weighted by atomic mass is 10.1. The molecule has 2 aromatic heterocycles. The van der Waals surface area contributed by atoms with Gasteiger partial charge in [0.05, 0.1) is 23.7 Å². The molecule has 3 aromatic rings. The molecule has 1 amide bonds. The van der Waals surface area contributed by atoms with Gasteiger partial charge < -0.3 is 15.2 Å². The zero-order chi connectivity index (χ0) is 17.2.